The third-order valence-electron chi connectivity index (χ3n) is 4.09. The first-order chi connectivity index (χ1) is 8.99. The maximum absolute atomic E-state index is 13.3. The molecule has 1 aromatic rings. The highest BCUT2D eigenvalue weighted by molar-refractivity contribution is 6.00. The fourth-order valence-corrected chi connectivity index (χ4v) is 2.98. The highest BCUT2D eigenvalue weighted by atomic mass is 19.1. The Labute approximate surface area is 114 Å². The Morgan fingerprint density at radius 2 is 2.16 bits per heavy atom. The molecule has 1 aromatic carbocycles. The first-order valence-corrected chi connectivity index (χ1v) is 6.86. The standard InChI is InChI=1S/C15H22FN3/c1-10-4-3-5-12(8-10)19(2)14-7-6-11(16)9-13(14)15(17)18/h6-7,9-10,12H,3-5,8H2,1-2H3,(H3,17,18). The summed E-state index contributed by atoms with van der Waals surface area (Å²) in [6.45, 7) is 2.27. The number of benzene rings is 1. The molecule has 0 heterocycles. The summed E-state index contributed by atoms with van der Waals surface area (Å²) in [5.41, 5.74) is 6.91. The van der Waals surface area contributed by atoms with Gasteiger partial charge in [-0.2, -0.15) is 0 Å². The van der Waals surface area contributed by atoms with Crippen molar-refractivity contribution in [1.29, 1.82) is 5.41 Å². The van der Waals surface area contributed by atoms with Crippen LogP contribution in [0.5, 0.6) is 0 Å². The van der Waals surface area contributed by atoms with E-state index >= 15 is 0 Å². The van der Waals surface area contributed by atoms with Crippen LogP contribution in [0.1, 0.15) is 38.2 Å². The van der Waals surface area contributed by atoms with Crippen molar-refractivity contribution in [1.82, 2.24) is 0 Å². The van der Waals surface area contributed by atoms with Gasteiger partial charge in [-0.05, 0) is 37.0 Å². The molecule has 0 spiro atoms. The summed E-state index contributed by atoms with van der Waals surface area (Å²) < 4.78 is 13.3. The molecule has 1 saturated carbocycles. The number of amidine groups is 1. The number of nitrogen functional groups attached to an aromatic ring is 1. The van der Waals surface area contributed by atoms with Gasteiger partial charge < -0.3 is 10.6 Å². The molecule has 4 heteroatoms. The van der Waals surface area contributed by atoms with E-state index < -0.39 is 0 Å². The summed E-state index contributed by atoms with van der Waals surface area (Å²) >= 11 is 0. The van der Waals surface area contributed by atoms with Crippen molar-refractivity contribution >= 4 is 11.5 Å². The van der Waals surface area contributed by atoms with Gasteiger partial charge in [0.25, 0.3) is 0 Å². The van der Waals surface area contributed by atoms with Gasteiger partial charge in [0, 0.05) is 24.3 Å². The Kier molecular flexibility index (Phi) is 4.08. The molecule has 3 nitrogen and oxygen atoms in total. The second-order valence-corrected chi connectivity index (χ2v) is 5.61. The lowest BCUT2D eigenvalue weighted by molar-refractivity contribution is 0.336. The smallest absolute Gasteiger partial charge is 0.125 e. The minimum atomic E-state index is -0.348. The first-order valence-electron chi connectivity index (χ1n) is 6.86. The highest BCUT2D eigenvalue weighted by Crippen LogP contribution is 2.31. The first kappa shape index (κ1) is 13.8. The predicted octanol–water partition coefficient (Wildman–Crippen LogP) is 3.12. The predicted molar refractivity (Wildman–Crippen MR) is 77.2 cm³/mol. The second-order valence-electron chi connectivity index (χ2n) is 5.61. The molecule has 0 aliphatic heterocycles. The van der Waals surface area contributed by atoms with Crippen LogP contribution in [0.3, 0.4) is 0 Å². The van der Waals surface area contributed by atoms with E-state index in [0.29, 0.717) is 11.6 Å². The molecule has 19 heavy (non-hydrogen) atoms. The molecule has 0 amide bonds. The van der Waals surface area contributed by atoms with Crippen LogP contribution in [0.25, 0.3) is 0 Å². The van der Waals surface area contributed by atoms with E-state index in [1.54, 1.807) is 6.07 Å². The molecule has 104 valence electrons. The van der Waals surface area contributed by atoms with Gasteiger partial charge in [-0.3, -0.25) is 5.41 Å². The summed E-state index contributed by atoms with van der Waals surface area (Å²) in [5, 5.41) is 7.60. The summed E-state index contributed by atoms with van der Waals surface area (Å²) in [4.78, 5) is 2.16. The van der Waals surface area contributed by atoms with Crippen molar-refractivity contribution in [2.24, 2.45) is 11.7 Å². The number of rotatable bonds is 3. The summed E-state index contributed by atoms with van der Waals surface area (Å²) in [5.74, 6) is 0.298. The Bertz CT molecular complexity index is 472. The van der Waals surface area contributed by atoms with Gasteiger partial charge in [-0.25, -0.2) is 4.39 Å². The molecule has 0 saturated heterocycles. The van der Waals surface area contributed by atoms with Crippen molar-refractivity contribution in [3.8, 4) is 0 Å². The largest absolute Gasteiger partial charge is 0.384 e. The number of nitrogens with two attached hydrogens (primary N) is 1. The fraction of sp³-hybridized carbons (Fsp3) is 0.533. The SMILES string of the molecule is CC1CCCC(N(C)c2ccc(F)cc2C(=N)N)C1. The highest BCUT2D eigenvalue weighted by Gasteiger charge is 2.24. The van der Waals surface area contributed by atoms with Crippen LogP contribution in [0, 0.1) is 17.1 Å². The lowest BCUT2D eigenvalue weighted by atomic mass is 9.86. The number of hydrogen-bond donors (Lipinski definition) is 2. The lowest BCUT2D eigenvalue weighted by Crippen LogP contribution is -2.36. The number of nitrogens with zero attached hydrogens (tertiary/aromatic N) is 1. The number of nitrogens with one attached hydrogen (secondary N) is 1. The molecule has 2 rings (SSSR count). The average molecular weight is 263 g/mol. The van der Waals surface area contributed by atoms with Crippen molar-refractivity contribution in [2.45, 2.75) is 38.6 Å². The van der Waals surface area contributed by atoms with Crippen LogP contribution in [0.15, 0.2) is 18.2 Å². The zero-order valence-corrected chi connectivity index (χ0v) is 11.6. The molecule has 1 fully saturated rings. The van der Waals surface area contributed by atoms with Gasteiger partial charge in [-0.1, -0.05) is 19.8 Å². The van der Waals surface area contributed by atoms with Crippen LogP contribution in [0.4, 0.5) is 10.1 Å². The van der Waals surface area contributed by atoms with Gasteiger partial charge in [0.1, 0.15) is 11.7 Å². The van der Waals surface area contributed by atoms with Crippen molar-refractivity contribution in [2.75, 3.05) is 11.9 Å². The summed E-state index contributed by atoms with van der Waals surface area (Å²) in [6, 6.07) is 4.96. The minimum absolute atomic E-state index is 0.0785. The molecule has 3 N–H and O–H groups in total. The number of hydrogen-bond acceptors (Lipinski definition) is 2. The Morgan fingerprint density at radius 1 is 1.42 bits per heavy atom. The summed E-state index contributed by atoms with van der Waals surface area (Å²) in [7, 11) is 2.02. The molecular weight excluding hydrogens is 241 g/mol. The molecular formula is C15H22FN3. The van der Waals surface area contributed by atoms with Crippen LogP contribution in [0.2, 0.25) is 0 Å². The molecule has 0 radical (unpaired) electrons. The zero-order chi connectivity index (χ0) is 14.0. The average Bonchev–Trinajstić information content (AvgIpc) is 2.37. The van der Waals surface area contributed by atoms with Gasteiger partial charge in [0.15, 0.2) is 0 Å². The van der Waals surface area contributed by atoms with E-state index in [1.807, 2.05) is 7.05 Å². The topological polar surface area (TPSA) is 53.1 Å². The van der Waals surface area contributed by atoms with Crippen LogP contribution in [-0.2, 0) is 0 Å². The Balaban J connectivity index is 2.27. The van der Waals surface area contributed by atoms with E-state index in [2.05, 4.69) is 11.8 Å². The molecule has 1 aliphatic carbocycles. The minimum Gasteiger partial charge on any atom is -0.384 e. The number of anilines is 1. The Morgan fingerprint density at radius 3 is 2.79 bits per heavy atom. The quantitative estimate of drug-likeness (QED) is 0.650. The number of halogens is 1. The van der Waals surface area contributed by atoms with Crippen LogP contribution >= 0.6 is 0 Å². The normalized spacial score (nSPS) is 23.1. The third kappa shape index (κ3) is 3.06. The van der Waals surface area contributed by atoms with Gasteiger partial charge in [-0.15, -0.1) is 0 Å². The van der Waals surface area contributed by atoms with E-state index in [9.17, 15) is 4.39 Å². The maximum Gasteiger partial charge on any atom is 0.125 e. The molecule has 1 aliphatic rings. The Hall–Kier alpha value is -1.58. The van der Waals surface area contributed by atoms with Crippen molar-refractivity contribution < 1.29 is 4.39 Å². The van der Waals surface area contributed by atoms with Gasteiger partial charge in [0.2, 0.25) is 0 Å². The molecule has 0 bridgehead atoms. The molecule has 2 atom stereocenters. The third-order valence-corrected chi connectivity index (χ3v) is 4.09. The molecule has 2 unspecified atom stereocenters. The maximum atomic E-state index is 13.3. The van der Waals surface area contributed by atoms with E-state index in [1.165, 1.54) is 25.0 Å². The van der Waals surface area contributed by atoms with Crippen LogP contribution in [-0.4, -0.2) is 18.9 Å². The van der Waals surface area contributed by atoms with Crippen molar-refractivity contribution in [3.05, 3.63) is 29.6 Å². The van der Waals surface area contributed by atoms with Crippen molar-refractivity contribution in [3.63, 3.8) is 0 Å². The summed E-state index contributed by atoms with van der Waals surface area (Å²) in [6.07, 6.45) is 4.81. The van der Waals surface area contributed by atoms with E-state index in [0.717, 1.165) is 24.4 Å². The van der Waals surface area contributed by atoms with E-state index in [-0.39, 0.29) is 11.7 Å². The lowest BCUT2D eigenvalue weighted by Gasteiger charge is -2.36. The fourth-order valence-electron chi connectivity index (χ4n) is 2.98. The molecule has 0 aromatic heterocycles. The van der Waals surface area contributed by atoms with Gasteiger partial charge in [0.05, 0.1) is 0 Å². The van der Waals surface area contributed by atoms with E-state index in [4.69, 9.17) is 11.1 Å². The second kappa shape index (κ2) is 5.59. The van der Waals surface area contributed by atoms with Crippen LogP contribution < -0.4 is 10.6 Å². The zero-order valence-electron chi connectivity index (χ0n) is 11.6. The van der Waals surface area contributed by atoms with Gasteiger partial charge >= 0.3 is 0 Å². The monoisotopic (exact) mass is 263 g/mol.